The normalized spacial score (nSPS) is 16.8. The summed E-state index contributed by atoms with van der Waals surface area (Å²) in [5.41, 5.74) is 7.15. The molecule has 0 heterocycles. The average molecular weight is 361 g/mol. The topological polar surface area (TPSA) is 72.2 Å². The number of rotatable bonds is 5. The lowest BCUT2D eigenvalue weighted by Crippen LogP contribution is -2.29. The van der Waals surface area contributed by atoms with Crippen LogP contribution in [0.4, 0.5) is 0 Å². The van der Waals surface area contributed by atoms with Gasteiger partial charge in [0.1, 0.15) is 0 Å². The third-order valence-electron chi connectivity index (χ3n) is 3.92. The summed E-state index contributed by atoms with van der Waals surface area (Å²) in [6.07, 6.45) is 4.65. The number of benzene rings is 1. The number of halogens is 1. The molecule has 0 atom stereocenters. The van der Waals surface area contributed by atoms with Crippen molar-refractivity contribution in [3.8, 4) is 0 Å². The lowest BCUT2D eigenvalue weighted by molar-refractivity contribution is 0.519. The van der Waals surface area contributed by atoms with E-state index in [1.807, 2.05) is 6.07 Å². The van der Waals surface area contributed by atoms with E-state index in [4.69, 9.17) is 5.73 Å². The van der Waals surface area contributed by atoms with Gasteiger partial charge in [0.15, 0.2) is 0 Å². The van der Waals surface area contributed by atoms with E-state index in [0.717, 1.165) is 28.4 Å². The molecule has 0 saturated heterocycles. The van der Waals surface area contributed by atoms with Crippen molar-refractivity contribution >= 4 is 26.0 Å². The second kappa shape index (κ2) is 6.56. The molecule has 0 amide bonds. The first-order valence-electron chi connectivity index (χ1n) is 6.93. The van der Waals surface area contributed by atoms with Gasteiger partial charge in [-0.05, 0) is 48.9 Å². The van der Waals surface area contributed by atoms with Crippen LogP contribution in [0.15, 0.2) is 21.5 Å². The zero-order chi connectivity index (χ0) is 14.8. The molecule has 1 aliphatic rings. The Balaban J connectivity index is 2.21. The van der Waals surface area contributed by atoms with Crippen molar-refractivity contribution in [1.82, 2.24) is 4.72 Å². The Morgan fingerprint density at radius 3 is 2.60 bits per heavy atom. The van der Waals surface area contributed by atoms with Crippen molar-refractivity contribution in [2.24, 2.45) is 11.7 Å². The molecule has 0 aromatic heterocycles. The first-order chi connectivity index (χ1) is 9.44. The number of hydrogen-bond donors (Lipinski definition) is 2. The number of hydrogen-bond acceptors (Lipinski definition) is 3. The predicted molar refractivity (Wildman–Crippen MR) is 83.9 cm³/mol. The quantitative estimate of drug-likeness (QED) is 0.847. The van der Waals surface area contributed by atoms with Crippen LogP contribution < -0.4 is 10.5 Å². The van der Waals surface area contributed by atoms with Gasteiger partial charge in [-0.15, -0.1) is 0 Å². The van der Waals surface area contributed by atoms with E-state index in [0.29, 0.717) is 23.9 Å². The van der Waals surface area contributed by atoms with E-state index in [1.165, 1.54) is 12.8 Å². The highest BCUT2D eigenvalue weighted by atomic mass is 79.9. The summed E-state index contributed by atoms with van der Waals surface area (Å²) in [5, 5.41) is 0. The van der Waals surface area contributed by atoms with Crippen LogP contribution in [0.5, 0.6) is 0 Å². The van der Waals surface area contributed by atoms with Gasteiger partial charge >= 0.3 is 0 Å². The molecule has 1 aromatic rings. The molecule has 4 nitrogen and oxygen atoms in total. The lowest BCUT2D eigenvalue weighted by Gasteiger charge is -2.14. The average Bonchev–Trinajstić information content (AvgIpc) is 2.92. The highest BCUT2D eigenvalue weighted by Gasteiger charge is 2.22. The molecule has 3 N–H and O–H groups in total. The van der Waals surface area contributed by atoms with Crippen molar-refractivity contribution in [1.29, 1.82) is 0 Å². The summed E-state index contributed by atoms with van der Waals surface area (Å²) >= 11 is 3.40. The Kier molecular flexibility index (Phi) is 5.23. The molecular weight excluding hydrogens is 340 g/mol. The van der Waals surface area contributed by atoms with Crippen LogP contribution in [0.3, 0.4) is 0 Å². The largest absolute Gasteiger partial charge is 0.326 e. The second-order valence-corrected chi connectivity index (χ2v) is 8.00. The van der Waals surface area contributed by atoms with Gasteiger partial charge in [-0.3, -0.25) is 0 Å². The standard InChI is InChI=1S/C14H21BrN2O2S/c1-10-13(15)6-12(8-16)7-14(10)20(18,19)17-9-11-4-2-3-5-11/h6-7,11,17H,2-5,8-9,16H2,1H3. The van der Waals surface area contributed by atoms with Gasteiger partial charge in [0, 0.05) is 17.6 Å². The predicted octanol–water partition coefficient (Wildman–Crippen LogP) is 2.68. The summed E-state index contributed by atoms with van der Waals surface area (Å²) in [6, 6.07) is 3.53. The van der Waals surface area contributed by atoms with Crippen LogP contribution in [-0.2, 0) is 16.6 Å². The van der Waals surface area contributed by atoms with E-state index >= 15 is 0 Å². The molecule has 0 radical (unpaired) electrons. The fourth-order valence-electron chi connectivity index (χ4n) is 2.62. The molecule has 112 valence electrons. The van der Waals surface area contributed by atoms with E-state index in [2.05, 4.69) is 20.7 Å². The van der Waals surface area contributed by atoms with Gasteiger partial charge in [0.05, 0.1) is 4.90 Å². The number of sulfonamides is 1. The maximum atomic E-state index is 12.5. The molecule has 0 aliphatic heterocycles. The molecule has 6 heteroatoms. The summed E-state index contributed by atoms with van der Waals surface area (Å²) in [7, 11) is -3.47. The maximum Gasteiger partial charge on any atom is 0.240 e. The van der Waals surface area contributed by atoms with E-state index in [1.54, 1.807) is 13.0 Å². The van der Waals surface area contributed by atoms with Gasteiger partial charge in [-0.25, -0.2) is 13.1 Å². The minimum Gasteiger partial charge on any atom is -0.326 e. The van der Waals surface area contributed by atoms with Crippen LogP contribution in [0.2, 0.25) is 0 Å². The van der Waals surface area contributed by atoms with Crippen molar-refractivity contribution < 1.29 is 8.42 Å². The van der Waals surface area contributed by atoms with Crippen LogP contribution in [0.1, 0.15) is 36.8 Å². The first kappa shape index (κ1) is 15.9. The monoisotopic (exact) mass is 360 g/mol. The molecule has 0 bridgehead atoms. The minimum absolute atomic E-state index is 0.323. The highest BCUT2D eigenvalue weighted by molar-refractivity contribution is 9.10. The summed E-state index contributed by atoms with van der Waals surface area (Å²) in [4.78, 5) is 0.324. The lowest BCUT2D eigenvalue weighted by atomic mass is 10.1. The zero-order valence-corrected chi connectivity index (χ0v) is 14.1. The Morgan fingerprint density at radius 2 is 2.00 bits per heavy atom. The molecule has 1 fully saturated rings. The van der Waals surface area contributed by atoms with Gasteiger partial charge in [-0.2, -0.15) is 0 Å². The third kappa shape index (κ3) is 3.61. The van der Waals surface area contributed by atoms with Crippen LogP contribution in [-0.4, -0.2) is 15.0 Å². The first-order valence-corrected chi connectivity index (χ1v) is 9.20. The van der Waals surface area contributed by atoms with E-state index < -0.39 is 10.0 Å². The van der Waals surface area contributed by atoms with Crippen molar-refractivity contribution in [3.63, 3.8) is 0 Å². The van der Waals surface area contributed by atoms with Gasteiger partial charge < -0.3 is 5.73 Å². The third-order valence-corrected chi connectivity index (χ3v) is 6.29. The summed E-state index contributed by atoms with van der Waals surface area (Å²) in [5.74, 6) is 0.478. The Hall–Kier alpha value is -0.430. The van der Waals surface area contributed by atoms with Gasteiger partial charge in [0.25, 0.3) is 0 Å². The smallest absolute Gasteiger partial charge is 0.240 e. The van der Waals surface area contributed by atoms with Crippen molar-refractivity contribution in [3.05, 3.63) is 27.7 Å². The molecule has 1 aromatic carbocycles. The van der Waals surface area contributed by atoms with Crippen LogP contribution in [0, 0.1) is 12.8 Å². The van der Waals surface area contributed by atoms with Crippen molar-refractivity contribution in [2.45, 2.75) is 44.0 Å². The minimum atomic E-state index is -3.47. The number of nitrogens with one attached hydrogen (secondary N) is 1. The van der Waals surface area contributed by atoms with E-state index in [9.17, 15) is 8.42 Å². The molecule has 2 rings (SSSR count). The fourth-order valence-corrected chi connectivity index (χ4v) is 4.69. The Bertz CT molecular complexity index is 581. The Morgan fingerprint density at radius 1 is 1.35 bits per heavy atom. The molecule has 0 unspecified atom stereocenters. The molecule has 0 spiro atoms. The molecular formula is C14H21BrN2O2S. The van der Waals surface area contributed by atoms with E-state index in [-0.39, 0.29) is 0 Å². The number of nitrogens with two attached hydrogens (primary N) is 1. The Labute approximate surface area is 129 Å². The SMILES string of the molecule is Cc1c(Br)cc(CN)cc1S(=O)(=O)NCC1CCCC1. The van der Waals surface area contributed by atoms with Crippen LogP contribution >= 0.6 is 15.9 Å². The molecule has 1 aliphatic carbocycles. The van der Waals surface area contributed by atoms with Gasteiger partial charge in [-0.1, -0.05) is 28.8 Å². The summed E-state index contributed by atoms with van der Waals surface area (Å²) in [6.45, 7) is 2.66. The molecule has 20 heavy (non-hydrogen) atoms. The highest BCUT2D eigenvalue weighted by Crippen LogP contribution is 2.27. The summed E-state index contributed by atoms with van der Waals surface area (Å²) < 4.78 is 28.4. The van der Waals surface area contributed by atoms with Crippen molar-refractivity contribution in [2.75, 3.05) is 6.54 Å². The maximum absolute atomic E-state index is 12.5. The second-order valence-electron chi connectivity index (χ2n) is 5.41. The fraction of sp³-hybridized carbons (Fsp3) is 0.571. The van der Waals surface area contributed by atoms with Crippen LogP contribution in [0.25, 0.3) is 0 Å². The van der Waals surface area contributed by atoms with Gasteiger partial charge in [0.2, 0.25) is 10.0 Å². The zero-order valence-electron chi connectivity index (χ0n) is 11.7. The molecule has 1 saturated carbocycles.